The molecule has 0 aliphatic heterocycles. The Balaban J connectivity index is 1.76. The summed E-state index contributed by atoms with van der Waals surface area (Å²) in [6.45, 7) is -0.0596. The fraction of sp³-hybridized carbons (Fsp3) is 0.364. The SMILES string of the molecule is COC(=O)N(C1c2ccccc2-c2ccccc21)[C@@H](COC1CCC1)C(=O)O. The summed E-state index contributed by atoms with van der Waals surface area (Å²) in [6.07, 6.45) is 2.34. The molecule has 0 saturated heterocycles. The van der Waals surface area contributed by atoms with Crippen LogP contribution in [-0.2, 0) is 14.3 Å². The molecule has 1 atom stereocenters. The lowest BCUT2D eigenvalue weighted by atomic mass is 9.96. The first-order chi connectivity index (χ1) is 13.6. The fourth-order valence-electron chi connectivity index (χ4n) is 3.98. The second-order valence-corrected chi connectivity index (χ2v) is 7.19. The average Bonchev–Trinajstić information content (AvgIpc) is 3.00. The van der Waals surface area contributed by atoms with Crippen LogP contribution in [0.3, 0.4) is 0 Å². The summed E-state index contributed by atoms with van der Waals surface area (Å²) >= 11 is 0. The second kappa shape index (κ2) is 7.64. The van der Waals surface area contributed by atoms with Crippen LogP contribution in [0.4, 0.5) is 4.79 Å². The summed E-state index contributed by atoms with van der Waals surface area (Å²) in [5.41, 5.74) is 3.79. The molecule has 4 rings (SSSR count). The van der Waals surface area contributed by atoms with Crippen molar-refractivity contribution in [3.63, 3.8) is 0 Å². The van der Waals surface area contributed by atoms with E-state index < -0.39 is 24.1 Å². The van der Waals surface area contributed by atoms with Crippen LogP contribution < -0.4 is 0 Å². The number of benzene rings is 2. The Bertz CT molecular complexity index is 847. The maximum atomic E-state index is 12.8. The van der Waals surface area contributed by atoms with Gasteiger partial charge >= 0.3 is 12.1 Å². The van der Waals surface area contributed by atoms with Gasteiger partial charge in [0.05, 0.1) is 25.9 Å². The van der Waals surface area contributed by atoms with E-state index in [1.807, 2.05) is 48.5 Å². The van der Waals surface area contributed by atoms with E-state index in [1.54, 1.807) is 0 Å². The van der Waals surface area contributed by atoms with Gasteiger partial charge in [0.1, 0.15) is 0 Å². The molecule has 28 heavy (non-hydrogen) atoms. The van der Waals surface area contributed by atoms with Crippen molar-refractivity contribution in [2.75, 3.05) is 13.7 Å². The second-order valence-electron chi connectivity index (χ2n) is 7.19. The summed E-state index contributed by atoms with van der Waals surface area (Å²) in [6, 6.07) is 13.8. The van der Waals surface area contributed by atoms with Gasteiger partial charge < -0.3 is 14.6 Å². The molecule has 6 heteroatoms. The number of fused-ring (bicyclic) bond motifs is 3. The summed E-state index contributed by atoms with van der Waals surface area (Å²) in [4.78, 5) is 26.2. The zero-order valence-electron chi connectivity index (χ0n) is 15.7. The van der Waals surface area contributed by atoms with Crippen molar-refractivity contribution in [3.05, 3.63) is 59.7 Å². The lowest BCUT2D eigenvalue weighted by molar-refractivity contribution is -0.147. The first-order valence-electron chi connectivity index (χ1n) is 9.50. The molecule has 2 aliphatic carbocycles. The monoisotopic (exact) mass is 381 g/mol. The Labute approximate surface area is 163 Å². The van der Waals surface area contributed by atoms with Crippen LogP contribution in [0.25, 0.3) is 11.1 Å². The van der Waals surface area contributed by atoms with Gasteiger partial charge in [-0.2, -0.15) is 0 Å². The number of carbonyl (C=O) groups is 2. The van der Waals surface area contributed by atoms with Gasteiger partial charge in [0.25, 0.3) is 0 Å². The molecule has 2 aliphatic rings. The van der Waals surface area contributed by atoms with E-state index >= 15 is 0 Å². The molecular weight excluding hydrogens is 358 g/mol. The van der Waals surface area contributed by atoms with E-state index in [0.717, 1.165) is 41.5 Å². The van der Waals surface area contributed by atoms with Crippen molar-refractivity contribution < 1.29 is 24.2 Å². The van der Waals surface area contributed by atoms with Crippen LogP contribution in [0.15, 0.2) is 48.5 Å². The number of methoxy groups -OCH3 is 1. The van der Waals surface area contributed by atoms with Gasteiger partial charge in [0.15, 0.2) is 6.04 Å². The molecular formula is C22H23NO5. The van der Waals surface area contributed by atoms with E-state index in [0.29, 0.717) is 0 Å². The molecule has 2 aromatic rings. The quantitative estimate of drug-likeness (QED) is 0.823. The van der Waals surface area contributed by atoms with Gasteiger partial charge in [-0.05, 0) is 41.5 Å². The number of hydrogen-bond donors (Lipinski definition) is 1. The Hall–Kier alpha value is -2.86. The minimum Gasteiger partial charge on any atom is -0.480 e. The number of amides is 1. The number of nitrogens with zero attached hydrogens (tertiary/aromatic N) is 1. The number of ether oxygens (including phenoxy) is 2. The highest BCUT2D eigenvalue weighted by molar-refractivity contribution is 5.85. The Morgan fingerprint density at radius 3 is 2.11 bits per heavy atom. The van der Waals surface area contributed by atoms with Gasteiger partial charge in [0, 0.05) is 0 Å². The van der Waals surface area contributed by atoms with Crippen LogP contribution in [0.1, 0.15) is 36.4 Å². The molecule has 0 bridgehead atoms. The van der Waals surface area contributed by atoms with E-state index in [-0.39, 0.29) is 12.7 Å². The van der Waals surface area contributed by atoms with Crippen molar-refractivity contribution in [2.24, 2.45) is 0 Å². The molecule has 0 radical (unpaired) electrons. The van der Waals surface area contributed by atoms with Crippen molar-refractivity contribution in [1.29, 1.82) is 0 Å². The van der Waals surface area contributed by atoms with Gasteiger partial charge in [-0.15, -0.1) is 0 Å². The maximum Gasteiger partial charge on any atom is 0.411 e. The zero-order valence-corrected chi connectivity index (χ0v) is 15.7. The van der Waals surface area contributed by atoms with Crippen molar-refractivity contribution >= 4 is 12.1 Å². The molecule has 1 fully saturated rings. The average molecular weight is 381 g/mol. The van der Waals surface area contributed by atoms with E-state index in [9.17, 15) is 14.7 Å². The first-order valence-corrected chi connectivity index (χ1v) is 9.50. The zero-order chi connectivity index (χ0) is 19.7. The van der Waals surface area contributed by atoms with Crippen molar-refractivity contribution in [3.8, 4) is 11.1 Å². The molecule has 0 unspecified atom stereocenters. The topological polar surface area (TPSA) is 76.1 Å². The molecule has 146 valence electrons. The predicted octanol–water partition coefficient (Wildman–Crippen LogP) is 3.85. The molecule has 1 amide bonds. The van der Waals surface area contributed by atoms with Gasteiger partial charge in [0.2, 0.25) is 0 Å². The highest BCUT2D eigenvalue weighted by Crippen LogP contribution is 2.47. The van der Waals surface area contributed by atoms with Crippen molar-refractivity contribution in [1.82, 2.24) is 4.90 Å². The molecule has 1 N–H and O–H groups in total. The molecule has 0 heterocycles. The molecule has 6 nitrogen and oxygen atoms in total. The molecule has 2 aromatic carbocycles. The minimum atomic E-state index is -1.14. The largest absolute Gasteiger partial charge is 0.480 e. The number of carboxylic acid groups (broad SMARTS) is 1. The summed E-state index contributed by atoms with van der Waals surface area (Å²) in [5, 5.41) is 9.92. The van der Waals surface area contributed by atoms with Crippen LogP contribution in [0, 0.1) is 0 Å². The van der Waals surface area contributed by atoms with E-state index in [2.05, 4.69) is 0 Å². The molecule has 0 spiro atoms. The number of hydrogen-bond acceptors (Lipinski definition) is 4. The van der Waals surface area contributed by atoms with Crippen LogP contribution in [0.2, 0.25) is 0 Å². The lowest BCUT2D eigenvalue weighted by Gasteiger charge is -2.35. The molecule has 0 aromatic heterocycles. The number of aliphatic carboxylic acids is 1. The Morgan fingerprint density at radius 2 is 1.64 bits per heavy atom. The van der Waals surface area contributed by atoms with Crippen LogP contribution in [0.5, 0.6) is 0 Å². The summed E-state index contributed by atoms with van der Waals surface area (Å²) in [7, 11) is 1.27. The third kappa shape index (κ3) is 3.14. The maximum absolute atomic E-state index is 12.8. The standard InChI is InChI=1S/C22H23NO5/c1-27-22(26)23(19(21(24)25)13-28-14-7-6-8-14)20-17-11-4-2-9-15(17)16-10-3-5-12-18(16)20/h2-5,9-12,14,19-20H,6-8,13H2,1H3,(H,24,25)/t19-/m0/s1. The van der Waals surface area contributed by atoms with Gasteiger partial charge in [-0.3, -0.25) is 4.90 Å². The third-order valence-corrected chi connectivity index (χ3v) is 5.63. The third-order valence-electron chi connectivity index (χ3n) is 5.63. The van der Waals surface area contributed by atoms with Gasteiger partial charge in [-0.25, -0.2) is 9.59 Å². The van der Waals surface area contributed by atoms with Crippen LogP contribution in [-0.4, -0.2) is 47.9 Å². The van der Waals surface area contributed by atoms with Crippen molar-refractivity contribution in [2.45, 2.75) is 37.5 Å². The number of rotatable bonds is 6. The number of carboxylic acids is 1. The summed E-state index contributed by atoms with van der Waals surface area (Å²) in [5.74, 6) is -1.11. The fourth-order valence-corrected chi connectivity index (χ4v) is 3.98. The minimum absolute atomic E-state index is 0.0596. The van der Waals surface area contributed by atoms with E-state index in [4.69, 9.17) is 9.47 Å². The normalized spacial score (nSPS) is 16.6. The van der Waals surface area contributed by atoms with Crippen LogP contribution >= 0.6 is 0 Å². The predicted molar refractivity (Wildman–Crippen MR) is 103 cm³/mol. The highest BCUT2D eigenvalue weighted by atomic mass is 16.5. The Morgan fingerprint density at radius 1 is 1.07 bits per heavy atom. The smallest absolute Gasteiger partial charge is 0.411 e. The number of carbonyl (C=O) groups excluding carboxylic acids is 1. The summed E-state index contributed by atoms with van der Waals surface area (Å²) < 4.78 is 10.8. The Kier molecular flexibility index (Phi) is 5.05. The first kappa shape index (κ1) is 18.5. The molecule has 1 saturated carbocycles. The van der Waals surface area contributed by atoms with Gasteiger partial charge in [-0.1, -0.05) is 48.5 Å². The highest BCUT2D eigenvalue weighted by Gasteiger charge is 2.42. The van der Waals surface area contributed by atoms with E-state index in [1.165, 1.54) is 12.0 Å². The lowest BCUT2D eigenvalue weighted by Crippen LogP contribution is -2.50.